The quantitative estimate of drug-likeness (QED) is 0.288. The van der Waals surface area contributed by atoms with E-state index < -0.39 is 0 Å². The van der Waals surface area contributed by atoms with Crippen molar-refractivity contribution in [3.05, 3.63) is 65.1 Å². The second kappa shape index (κ2) is 11.1. The third-order valence-electron chi connectivity index (χ3n) is 4.26. The van der Waals surface area contributed by atoms with Crippen LogP contribution in [0.25, 0.3) is 5.65 Å². The van der Waals surface area contributed by atoms with E-state index in [0.717, 1.165) is 54.5 Å². The molecule has 0 saturated carbocycles. The van der Waals surface area contributed by atoms with Gasteiger partial charge in [-0.15, -0.1) is 24.0 Å². The Morgan fingerprint density at radius 3 is 2.64 bits per heavy atom. The van der Waals surface area contributed by atoms with Gasteiger partial charge in [-0.3, -0.25) is 4.99 Å². The molecule has 0 atom stereocenters. The maximum Gasteiger partial charge on any atom is 0.190 e. The van der Waals surface area contributed by atoms with Crippen LogP contribution in [0.4, 0.5) is 0 Å². The zero-order valence-electron chi connectivity index (χ0n) is 16.0. The normalized spacial score (nSPS) is 11.2. The van der Waals surface area contributed by atoms with Crippen molar-refractivity contribution in [2.45, 2.75) is 12.8 Å². The van der Waals surface area contributed by atoms with Gasteiger partial charge < -0.3 is 19.8 Å². The minimum absolute atomic E-state index is 0. The molecule has 28 heavy (non-hydrogen) atoms. The summed E-state index contributed by atoms with van der Waals surface area (Å²) in [5.74, 6) is 1.53. The highest BCUT2D eigenvalue weighted by atomic mass is 127. The van der Waals surface area contributed by atoms with E-state index in [1.165, 1.54) is 0 Å². The number of methoxy groups -OCH3 is 1. The van der Waals surface area contributed by atoms with Crippen molar-refractivity contribution in [2.24, 2.45) is 4.99 Å². The largest absolute Gasteiger partial charge is 0.497 e. The lowest BCUT2D eigenvalue weighted by molar-refractivity contribution is 0.414. The first-order valence-corrected chi connectivity index (χ1v) is 9.27. The summed E-state index contributed by atoms with van der Waals surface area (Å²) in [5.41, 5.74) is 3.09. The van der Waals surface area contributed by atoms with E-state index in [0.29, 0.717) is 5.02 Å². The van der Waals surface area contributed by atoms with E-state index in [2.05, 4.69) is 26.8 Å². The van der Waals surface area contributed by atoms with Crippen LogP contribution in [-0.4, -0.2) is 42.6 Å². The molecule has 2 N–H and O–H groups in total. The van der Waals surface area contributed by atoms with Crippen LogP contribution in [-0.2, 0) is 12.8 Å². The summed E-state index contributed by atoms with van der Waals surface area (Å²) in [6, 6.07) is 11.7. The Balaban J connectivity index is 0.00000280. The molecular formula is C20H25ClIN5O. The summed E-state index contributed by atoms with van der Waals surface area (Å²) >= 11 is 6.28. The number of nitrogens with zero attached hydrogens (tertiary/aromatic N) is 3. The molecule has 0 unspecified atom stereocenters. The van der Waals surface area contributed by atoms with E-state index >= 15 is 0 Å². The van der Waals surface area contributed by atoms with E-state index in [1.807, 2.05) is 47.0 Å². The summed E-state index contributed by atoms with van der Waals surface area (Å²) in [4.78, 5) is 8.86. The predicted molar refractivity (Wildman–Crippen MR) is 125 cm³/mol. The maximum absolute atomic E-state index is 6.28. The number of fused-ring (bicyclic) bond motifs is 1. The standard InChI is InChI=1S/C20H24ClN5O.HI/c1-22-20(23-10-8-15-6-7-17(27-2)13-18(15)21)24-11-9-16-14-26-12-4-3-5-19(26)25-16;/h3-7,12-14H,8-11H2,1-2H3,(H2,22,23,24);1H. The lowest BCUT2D eigenvalue weighted by atomic mass is 10.1. The molecule has 2 heterocycles. The molecule has 0 aliphatic carbocycles. The fraction of sp³-hybridized carbons (Fsp3) is 0.300. The molecule has 0 radical (unpaired) electrons. The monoisotopic (exact) mass is 513 g/mol. The Morgan fingerprint density at radius 2 is 1.96 bits per heavy atom. The number of ether oxygens (including phenoxy) is 1. The summed E-state index contributed by atoms with van der Waals surface area (Å²) in [6.45, 7) is 1.49. The number of imidazole rings is 1. The minimum Gasteiger partial charge on any atom is -0.497 e. The van der Waals surface area contributed by atoms with Crippen LogP contribution in [0.2, 0.25) is 5.02 Å². The Labute approximate surface area is 187 Å². The topological polar surface area (TPSA) is 63.0 Å². The molecule has 0 aliphatic heterocycles. The fourth-order valence-corrected chi connectivity index (χ4v) is 3.08. The van der Waals surface area contributed by atoms with Crippen LogP contribution in [0.15, 0.2) is 53.8 Å². The van der Waals surface area contributed by atoms with Gasteiger partial charge in [0.1, 0.15) is 11.4 Å². The molecule has 0 saturated heterocycles. The van der Waals surface area contributed by atoms with Gasteiger partial charge in [-0.1, -0.05) is 23.7 Å². The highest BCUT2D eigenvalue weighted by Crippen LogP contribution is 2.22. The molecule has 8 heteroatoms. The van der Waals surface area contributed by atoms with Crippen molar-refractivity contribution >= 4 is 47.2 Å². The molecule has 3 rings (SSSR count). The summed E-state index contributed by atoms with van der Waals surface area (Å²) in [5, 5.41) is 7.34. The van der Waals surface area contributed by atoms with E-state index in [9.17, 15) is 0 Å². The lowest BCUT2D eigenvalue weighted by Gasteiger charge is -2.12. The highest BCUT2D eigenvalue weighted by Gasteiger charge is 2.04. The number of aromatic nitrogens is 2. The Kier molecular flexibility index (Phi) is 8.85. The molecule has 0 bridgehead atoms. The summed E-state index contributed by atoms with van der Waals surface area (Å²) in [7, 11) is 3.40. The van der Waals surface area contributed by atoms with Crippen molar-refractivity contribution in [3.8, 4) is 5.75 Å². The molecule has 1 aromatic carbocycles. The number of rotatable bonds is 7. The molecule has 0 fully saturated rings. The van der Waals surface area contributed by atoms with Crippen molar-refractivity contribution in [1.29, 1.82) is 0 Å². The first-order chi connectivity index (χ1) is 13.2. The number of pyridine rings is 1. The van der Waals surface area contributed by atoms with Gasteiger partial charge in [-0.25, -0.2) is 4.98 Å². The number of halogens is 2. The van der Waals surface area contributed by atoms with Gasteiger partial charge >= 0.3 is 0 Å². The molecular weight excluding hydrogens is 489 g/mol. The van der Waals surface area contributed by atoms with Gasteiger partial charge in [0, 0.05) is 44.0 Å². The van der Waals surface area contributed by atoms with Gasteiger partial charge in [-0.05, 0) is 36.2 Å². The van der Waals surface area contributed by atoms with Crippen LogP contribution < -0.4 is 15.4 Å². The summed E-state index contributed by atoms with van der Waals surface area (Å²) < 4.78 is 7.20. The van der Waals surface area contributed by atoms with Crippen LogP contribution >= 0.6 is 35.6 Å². The van der Waals surface area contributed by atoms with Crippen LogP contribution in [0, 0.1) is 0 Å². The first-order valence-electron chi connectivity index (χ1n) is 8.89. The number of aliphatic imine (C=N–C) groups is 1. The van der Waals surface area contributed by atoms with Gasteiger partial charge in [0.2, 0.25) is 0 Å². The lowest BCUT2D eigenvalue weighted by Crippen LogP contribution is -2.39. The van der Waals surface area contributed by atoms with Crippen molar-refractivity contribution in [1.82, 2.24) is 20.0 Å². The number of benzene rings is 1. The molecule has 3 aromatic rings. The fourth-order valence-electron chi connectivity index (χ4n) is 2.81. The van der Waals surface area contributed by atoms with Gasteiger partial charge in [0.05, 0.1) is 12.8 Å². The molecule has 0 amide bonds. The van der Waals surface area contributed by atoms with E-state index in [1.54, 1.807) is 14.2 Å². The van der Waals surface area contributed by atoms with Crippen molar-refractivity contribution < 1.29 is 4.74 Å². The number of hydrogen-bond acceptors (Lipinski definition) is 3. The van der Waals surface area contributed by atoms with Gasteiger partial charge in [-0.2, -0.15) is 0 Å². The third kappa shape index (κ3) is 6.00. The van der Waals surface area contributed by atoms with Crippen LogP contribution in [0.1, 0.15) is 11.3 Å². The van der Waals surface area contributed by atoms with Crippen LogP contribution in [0.3, 0.4) is 0 Å². The Morgan fingerprint density at radius 1 is 1.18 bits per heavy atom. The number of hydrogen-bond donors (Lipinski definition) is 2. The molecule has 150 valence electrons. The van der Waals surface area contributed by atoms with Gasteiger partial charge in [0.25, 0.3) is 0 Å². The van der Waals surface area contributed by atoms with Crippen molar-refractivity contribution in [2.75, 3.05) is 27.2 Å². The average Bonchev–Trinajstić information content (AvgIpc) is 3.10. The predicted octanol–water partition coefficient (Wildman–Crippen LogP) is 3.56. The van der Waals surface area contributed by atoms with E-state index in [4.69, 9.17) is 16.3 Å². The number of nitrogens with one attached hydrogen (secondary N) is 2. The third-order valence-corrected chi connectivity index (χ3v) is 4.61. The highest BCUT2D eigenvalue weighted by molar-refractivity contribution is 14.0. The zero-order chi connectivity index (χ0) is 19.1. The Hall–Kier alpha value is -2.00. The maximum atomic E-state index is 6.28. The number of guanidine groups is 1. The van der Waals surface area contributed by atoms with E-state index in [-0.39, 0.29) is 24.0 Å². The first kappa shape index (κ1) is 22.3. The van der Waals surface area contributed by atoms with Crippen LogP contribution in [0.5, 0.6) is 5.75 Å². The SMILES string of the molecule is CN=C(NCCc1cn2ccccc2n1)NCCc1ccc(OC)cc1Cl.I. The molecule has 2 aromatic heterocycles. The Bertz CT molecular complexity index is 895. The minimum atomic E-state index is 0. The smallest absolute Gasteiger partial charge is 0.190 e. The zero-order valence-corrected chi connectivity index (χ0v) is 19.1. The molecule has 0 spiro atoms. The van der Waals surface area contributed by atoms with Crippen molar-refractivity contribution in [3.63, 3.8) is 0 Å². The molecule has 6 nitrogen and oxygen atoms in total. The second-order valence-corrected chi connectivity index (χ2v) is 6.49. The molecule has 0 aliphatic rings. The summed E-state index contributed by atoms with van der Waals surface area (Å²) in [6.07, 6.45) is 5.69. The average molecular weight is 514 g/mol. The second-order valence-electron chi connectivity index (χ2n) is 6.08. The van der Waals surface area contributed by atoms with Gasteiger partial charge in [0.15, 0.2) is 5.96 Å².